The molecule has 0 radical (unpaired) electrons. The summed E-state index contributed by atoms with van der Waals surface area (Å²) in [5.41, 5.74) is 2.28. The van der Waals surface area contributed by atoms with Crippen LogP contribution in [0.3, 0.4) is 0 Å². The molecule has 0 spiro atoms. The number of aryl methyl sites for hydroxylation is 1. The number of hydrogen-bond donors (Lipinski definition) is 0. The van der Waals surface area contributed by atoms with Gasteiger partial charge in [0.15, 0.2) is 11.5 Å². The maximum absolute atomic E-state index is 13.7. The Morgan fingerprint density at radius 1 is 1.08 bits per heavy atom. The fourth-order valence-corrected chi connectivity index (χ4v) is 2.81. The number of hydrogen-bond acceptors (Lipinski definition) is 6. The molecule has 0 N–H and O–H groups in total. The summed E-state index contributed by atoms with van der Waals surface area (Å²) in [6, 6.07) is 10.8. The smallest absolute Gasteiger partial charge is 0.241 e. The Balaban J connectivity index is 1.42. The van der Waals surface area contributed by atoms with Gasteiger partial charge in [0.25, 0.3) is 0 Å². The van der Waals surface area contributed by atoms with Crippen LogP contribution in [0.4, 0.5) is 4.39 Å². The first-order valence-electron chi connectivity index (χ1n) is 8.24. The Morgan fingerprint density at radius 2 is 1.92 bits per heavy atom. The minimum absolute atomic E-state index is 0.263. The molecule has 0 aliphatic carbocycles. The highest BCUT2D eigenvalue weighted by Crippen LogP contribution is 2.32. The number of rotatable bonds is 5. The summed E-state index contributed by atoms with van der Waals surface area (Å²) in [7, 11) is 1.96. The first-order chi connectivity index (χ1) is 12.6. The summed E-state index contributed by atoms with van der Waals surface area (Å²) < 4.78 is 29.7. The normalized spacial score (nSPS) is 12.8. The Morgan fingerprint density at radius 3 is 2.77 bits per heavy atom. The van der Waals surface area contributed by atoms with Gasteiger partial charge in [0.1, 0.15) is 5.82 Å². The maximum atomic E-state index is 13.7. The number of ether oxygens (including phenoxy) is 2. The molecule has 26 heavy (non-hydrogen) atoms. The van der Waals surface area contributed by atoms with Gasteiger partial charge in [-0.1, -0.05) is 23.4 Å². The summed E-state index contributed by atoms with van der Waals surface area (Å²) in [4.78, 5) is 6.41. The summed E-state index contributed by atoms with van der Waals surface area (Å²) in [5, 5.41) is 3.95. The summed E-state index contributed by atoms with van der Waals surface area (Å²) in [5.74, 6) is 2.11. The first kappa shape index (κ1) is 16.5. The third kappa shape index (κ3) is 3.39. The van der Waals surface area contributed by atoms with E-state index in [0.717, 1.165) is 17.1 Å². The third-order valence-corrected chi connectivity index (χ3v) is 4.19. The van der Waals surface area contributed by atoms with E-state index in [4.69, 9.17) is 14.0 Å². The van der Waals surface area contributed by atoms with E-state index < -0.39 is 0 Å². The van der Waals surface area contributed by atoms with E-state index >= 15 is 0 Å². The van der Waals surface area contributed by atoms with Crippen LogP contribution in [0.5, 0.6) is 11.5 Å². The fourth-order valence-electron chi connectivity index (χ4n) is 2.81. The summed E-state index contributed by atoms with van der Waals surface area (Å²) >= 11 is 0. The molecule has 2 heterocycles. The summed E-state index contributed by atoms with van der Waals surface area (Å²) in [6.07, 6.45) is 0. The lowest BCUT2D eigenvalue weighted by molar-refractivity contribution is 0.174. The molecule has 1 aliphatic heterocycles. The average molecular weight is 355 g/mol. The second-order valence-electron chi connectivity index (χ2n) is 6.34. The van der Waals surface area contributed by atoms with Crippen LogP contribution < -0.4 is 9.47 Å². The van der Waals surface area contributed by atoms with Crippen LogP contribution in [-0.2, 0) is 13.1 Å². The highest BCUT2D eigenvalue weighted by atomic mass is 19.1. The lowest BCUT2D eigenvalue weighted by Crippen LogP contribution is -2.17. The molecule has 0 fully saturated rings. The maximum Gasteiger partial charge on any atom is 0.241 e. The van der Waals surface area contributed by atoms with E-state index in [-0.39, 0.29) is 12.6 Å². The van der Waals surface area contributed by atoms with Crippen molar-refractivity contribution in [3.8, 4) is 22.9 Å². The zero-order valence-electron chi connectivity index (χ0n) is 14.5. The van der Waals surface area contributed by atoms with E-state index in [1.807, 2.05) is 30.1 Å². The van der Waals surface area contributed by atoms with Gasteiger partial charge < -0.3 is 14.0 Å². The van der Waals surface area contributed by atoms with Crippen molar-refractivity contribution >= 4 is 0 Å². The van der Waals surface area contributed by atoms with Crippen LogP contribution in [0, 0.1) is 12.7 Å². The van der Waals surface area contributed by atoms with E-state index in [1.54, 1.807) is 19.1 Å². The molecule has 4 rings (SSSR count). The lowest BCUT2D eigenvalue weighted by atomic mass is 10.1. The van der Waals surface area contributed by atoms with Crippen molar-refractivity contribution in [2.45, 2.75) is 20.0 Å². The number of benzene rings is 2. The molecule has 7 heteroatoms. The van der Waals surface area contributed by atoms with Gasteiger partial charge in [-0.05, 0) is 43.3 Å². The molecule has 0 saturated heterocycles. The zero-order valence-corrected chi connectivity index (χ0v) is 14.5. The largest absolute Gasteiger partial charge is 0.454 e. The molecule has 134 valence electrons. The van der Waals surface area contributed by atoms with E-state index in [0.29, 0.717) is 35.9 Å². The Bertz CT molecular complexity index is 942. The predicted octanol–water partition coefficient (Wildman–Crippen LogP) is 3.54. The molecule has 1 aromatic heterocycles. The van der Waals surface area contributed by atoms with Gasteiger partial charge >= 0.3 is 0 Å². The number of nitrogens with zero attached hydrogens (tertiary/aromatic N) is 3. The highest BCUT2D eigenvalue weighted by molar-refractivity contribution is 5.54. The van der Waals surface area contributed by atoms with Crippen molar-refractivity contribution in [1.29, 1.82) is 0 Å². The number of fused-ring (bicyclic) bond motifs is 1. The Hall–Kier alpha value is -2.93. The van der Waals surface area contributed by atoms with Gasteiger partial charge in [0.2, 0.25) is 18.5 Å². The molecule has 0 bridgehead atoms. The van der Waals surface area contributed by atoms with E-state index in [1.165, 1.54) is 6.07 Å². The molecule has 3 aromatic rings. The average Bonchev–Trinajstić information content (AvgIpc) is 3.26. The Labute approximate surface area is 150 Å². The monoisotopic (exact) mass is 355 g/mol. The van der Waals surface area contributed by atoms with Gasteiger partial charge in [-0.15, -0.1) is 0 Å². The molecule has 0 amide bonds. The van der Waals surface area contributed by atoms with Crippen LogP contribution >= 0.6 is 0 Å². The Kier molecular flexibility index (Phi) is 4.30. The molecular formula is C19H18FN3O3. The fraction of sp³-hybridized carbons (Fsp3) is 0.263. The van der Waals surface area contributed by atoms with Gasteiger partial charge in [0, 0.05) is 12.1 Å². The van der Waals surface area contributed by atoms with Gasteiger partial charge in [-0.3, -0.25) is 4.90 Å². The lowest BCUT2D eigenvalue weighted by Gasteiger charge is -2.14. The van der Waals surface area contributed by atoms with Crippen molar-refractivity contribution in [2.24, 2.45) is 0 Å². The summed E-state index contributed by atoms with van der Waals surface area (Å²) in [6.45, 7) is 3.15. The highest BCUT2D eigenvalue weighted by Gasteiger charge is 2.15. The van der Waals surface area contributed by atoms with Crippen LogP contribution in [0.2, 0.25) is 0 Å². The van der Waals surface area contributed by atoms with Crippen LogP contribution in [-0.4, -0.2) is 28.9 Å². The van der Waals surface area contributed by atoms with Crippen LogP contribution in [0.15, 0.2) is 40.9 Å². The minimum atomic E-state index is -0.284. The standard InChI is InChI=1S/C19H18FN3O3/c1-12-3-5-14(8-15(12)20)19-21-18(26-22-19)10-23(2)9-13-4-6-16-17(7-13)25-11-24-16/h3-8H,9-11H2,1-2H3. The SMILES string of the molecule is Cc1ccc(-c2noc(CN(C)Cc3ccc4c(c3)OCO4)n2)cc1F. The van der Waals surface area contributed by atoms with Crippen LogP contribution in [0.1, 0.15) is 17.0 Å². The molecule has 2 aromatic carbocycles. The van der Waals surface area contributed by atoms with Gasteiger partial charge in [0.05, 0.1) is 6.54 Å². The minimum Gasteiger partial charge on any atom is -0.454 e. The van der Waals surface area contributed by atoms with Crippen LogP contribution in [0.25, 0.3) is 11.4 Å². The van der Waals surface area contributed by atoms with Crippen molar-refractivity contribution in [3.05, 3.63) is 59.2 Å². The predicted molar refractivity (Wildman–Crippen MR) is 92.2 cm³/mol. The van der Waals surface area contributed by atoms with Gasteiger partial charge in [-0.2, -0.15) is 4.98 Å². The van der Waals surface area contributed by atoms with Crippen molar-refractivity contribution in [3.63, 3.8) is 0 Å². The molecule has 1 aliphatic rings. The number of aromatic nitrogens is 2. The van der Waals surface area contributed by atoms with E-state index in [9.17, 15) is 4.39 Å². The number of halogens is 1. The molecule has 6 nitrogen and oxygen atoms in total. The van der Waals surface area contributed by atoms with Gasteiger partial charge in [-0.25, -0.2) is 4.39 Å². The molecule has 0 atom stereocenters. The second-order valence-corrected chi connectivity index (χ2v) is 6.34. The quantitative estimate of drug-likeness (QED) is 0.698. The third-order valence-electron chi connectivity index (χ3n) is 4.19. The zero-order chi connectivity index (χ0) is 18.1. The molecule has 0 saturated carbocycles. The topological polar surface area (TPSA) is 60.6 Å². The van der Waals surface area contributed by atoms with E-state index in [2.05, 4.69) is 10.1 Å². The molecular weight excluding hydrogens is 337 g/mol. The van der Waals surface area contributed by atoms with Crippen molar-refractivity contribution < 1.29 is 18.4 Å². The second kappa shape index (κ2) is 6.76. The first-order valence-corrected chi connectivity index (χ1v) is 8.24. The van der Waals surface area contributed by atoms with Crippen molar-refractivity contribution in [2.75, 3.05) is 13.8 Å². The molecule has 0 unspecified atom stereocenters. The van der Waals surface area contributed by atoms with Crippen molar-refractivity contribution in [1.82, 2.24) is 15.0 Å².